The number of benzene rings is 15. The summed E-state index contributed by atoms with van der Waals surface area (Å²) in [6.07, 6.45) is 0. The smallest absolute Gasteiger partial charge is 0.0547 e. The van der Waals surface area contributed by atoms with Gasteiger partial charge < -0.3 is 14.4 Å². The van der Waals surface area contributed by atoms with Gasteiger partial charge in [0.1, 0.15) is 0 Å². The summed E-state index contributed by atoms with van der Waals surface area (Å²) < 4.78 is 2.44. The molecule has 378 valence electrons. The largest absolute Gasteiger partial charge is 0.310 e. The van der Waals surface area contributed by atoms with Crippen LogP contribution in [-0.4, -0.2) is 4.57 Å². The van der Waals surface area contributed by atoms with Crippen LogP contribution in [0.25, 0.3) is 115 Å². The molecule has 0 unspecified atom stereocenters. The molecule has 15 aromatic carbocycles. The molecule has 3 heteroatoms. The minimum Gasteiger partial charge on any atom is -0.310 e. The molecule has 0 atom stereocenters. The molecule has 0 aliphatic rings. The Bertz CT molecular complexity index is 4920. The molecule has 0 radical (unpaired) electrons. The van der Waals surface area contributed by atoms with Crippen molar-refractivity contribution >= 4 is 110 Å². The van der Waals surface area contributed by atoms with Crippen molar-refractivity contribution in [2.24, 2.45) is 0 Å². The number of anilines is 6. The van der Waals surface area contributed by atoms with E-state index in [2.05, 4.69) is 324 Å². The third-order valence-electron chi connectivity index (χ3n) is 16.7. The van der Waals surface area contributed by atoms with Gasteiger partial charge in [0.2, 0.25) is 0 Å². The van der Waals surface area contributed by atoms with Gasteiger partial charge in [-0.05, 0) is 161 Å². The second kappa shape index (κ2) is 19.0. The Hall–Kier alpha value is -10.7. The second-order valence-corrected chi connectivity index (χ2v) is 21.2. The maximum Gasteiger partial charge on any atom is 0.0547 e. The molecule has 0 bridgehead atoms. The quantitative estimate of drug-likeness (QED) is 0.0999. The average molecular weight is 1030 g/mol. The minimum absolute atomic E-state index is 1.09. The molecule has 16 rings (SSSR count). The van der Waals surface area contributed by atoms with Crippen LogP contribution in [0.1, 0.15) is 0 Å². The van der Waals surface area contributed by atoms with Gasteiger partial charge in [0.05, 0.1) is 22.4 Å². The van der Waals surface area contributed by atoms with Gasteiger partial charge in [-0.1, -0.05) is 224 Å². The Morgan fingerprint density at radius 2 is 0.580 bits per heavy atom. The molecule has 0 saturated carbocycles. The minimum atomic E-state index is 1.09. The van der Waals surface area contributed by atoms with Gasteiger partial charge >= 0.3 is 0 Å². The number of hydrogen-bond donors (Lipinski definition) is 0. The maximum absolute atomic E-state index is 2.44. The summed E-state index contributed by atoms with van der Waals surface area (Å²) in [4.78, 5) is 4.81. The maximum atomic E-state index is 2.44. The van der Waals surface area contributed by atoms with Crippen LogP contribution >= 0.6 is 0 Å². The zero-order valence-electron chi connectivity index (χ0n) is 44.3. The highest BCUT2D eigenvalue weighted by Gasteiger charge is 2.23. The zero-order valence-corrected chi connectivity index (χ0v) is 44.3. The fourth-order valence-corrected chi connectivity index (χ4v) is 13.1. The van der Waals surface area contributed by atoms with Crippen molar-refractivity contribution in [1.29, 1.82) is 0 Å². The van der Waals surface area contributed by atoms with Crippen LogP contribution in [0, 0.1) is 0 Å². The van der Waals surface area contributed by atoms with Crippen molar-refractivity contribution in [3.05, 3.63) is 309 Å². The van der Waals surface area contributed by atoms with Crippen molar-refractivity contribution in [3.8, 4) is 39.1 Å². The Balaban J connectivity index is 0.793. The summed E-state index contributed by atoms with van der Waals surface area (Å²) in [7, 11) is 0. The molecule has 0 amide bonds. The number of aromatic nitrogens is 1. The lowest BCUT2D eigenvalue weighted by molar-refractivity contribution is 1.18. The van der Waals surface area contributed by atoms with Gasteiger partial charge in [0.15, 0.2) is 0 Å². The highest BCUT2D eigenvalue weighted by molar-refractivity contribution is 6.28. The number of para-hydroxylation sites is 4. The first-order chi connectivity index (χ1) is 40.2. The Kier molecular flexibility index (Phi) is 10.9. The van der Waals surface area contributed by atoms with Gasteiger partial charge in [0, 0.05) is 50.0 Å². The van der Waals surface area contributed by atoms with Gasteiger partial charge in [-0.15, -0.1) is 0 Å². The van der Waals surface area contributed by atoms with Gasteiger partial charge in [0.25, 0.3) is 0 Å². The van der Waals surface area contributed by atoms with E-state index in [0.29, 0.717) is 0 Å². The molecule has 0 saturated heterocycles. The van der Waals surface area contributed by atoms with Crippen LogP contribution in [0.15, 0.2) is 309 Å². The van der Waals surface area contributed by atoms with Crippen molar-refractivity contribution in [3.63, 3.8) is 0 Å². The molecule has 0 N–H and O–H groups in total. The molecule has 81 heavy (non-hydrogen) atoms. The number of nitrogens with zero attached hydrogens (tertiary/aromatic N) is 3. The van der Waals surface area contributed by atoms with E-state index in [1.54, 1.807) is 0 Å². The zero-order chi connectivity index (χ0) is 53.4. The second-order valence-electron chi connectivity index (χ2n) is 21.2. The van der Waals surface area contributed by atoms with E-state index in [4.69, 9.17) is 0 Å². The van der Waals surface area contributed by atoms with Crippen molar-refractivity contribution < 1.29 is 0 Å². The van der Waals surface area contributed by atoms with E-state index in [0.717, 1.165) is 50.9 Å². The molecule has 3 nitrogen and oxygen atoms in total. The lowest BCUT2D eigenvalue weighted by Crippen LogP contribution is -2.11. The van der Waals surface area contributed by atoms with Gasteiger partial charge in [-0.3, -0.25) is 0 Å². The first kappa shape index (κ1) is 46.4. The van der Waals surface area contributed by atoms with Crippen LogP contribution < -0.4 is 9.80 Å². The van der Waals surface area contributed by atoms with E-state index in [9.17, 15) is 0 Å². The summed E-state index contributed by atoms with van der Waals surface area (Å²) in [5.74, 6) is 0. The molecule has 16 aromatic rings. The molecule has 0 spiro atoms. The molecule has 0 fully saturated rings. The highest BCUT2D eigenvalue weighted by atomic mass is 15.1. The number of hydrogen-bond acceptors (Lipinski definition) is 2. The summed E-state index contributed by atoms with van der Waals surface area (Å²) in [5.41, 5.74) is 17.5. The predicted molar refractivity (Wildman–Crippen MR) is 345 cm³/mol. The first-order valence-corrected chi connectivity index (χ1v) is 27.9. The third kappa shape index (κ3) is 7.58. The SMILES string of the molecule is c1ccc(-c2c3ccccc3c(-c3ccc(-n4c5ccccc5c5ccc(-c6ccc(N(c7ccccc7)c7ccc8ccc9c(N(c%10ccccc%10)c%10ccccc%10)ccc%10ccc7c8c%109)cc6)cc54)cc3)c3ccccc23)cc1. The number of fused-ring (bicyclic) bond motifs is 5. The topological polar surface area (TPSA) is 11.4 Å². The standard InChI is InChI=1S/C78H51N3/c1-5-19-53(20-6-1)75-65-28-13-15-30-67(65)76(68-31-16-14-29-66(68)75)54-35-44-62(45-36-54)81-71-32-18-17-27-63(71)64-46-39-57(51-74(64)81)52-33-42-61(43-34-52)80(60-25-11-4-12-26-60)73-50-41-56-37-47-69-72(49-40-55-38-48-70(73)78(56)77(55)69)79(58-21-7-2-8-22-58)59-23-9-3-10-24-59/h1-51H. The molecule has 1 aromatic heterocycles. The molecule has 0 aliphatic carbocycles. The van der Waals surface area contributed by atoms with Gasteiger partial charge in [-0.2, -0.15) is 0 Å². The van der Waals surface area contributed by atoms with E-state index in [1.165, 1.54) is 97.9 Å². The Labute approximate surface area is 470 Å². The van der Waals surface area contributed by atoms with E-state index in [-0.39, 0.29) is 0 Å². The molecule has 0 aliphatic heterocycles. The lowest BCUT2D eigenvalue weighted by atomic mass is 9.86. The van der Waals surface area contributed by atoms with E-state index < -0.39 is 0 Å². The first-order valence-electron chi connectivity index (χ1n) is 27.9. The fourth-order valence-electron chi connectivity index (χ4n) is 13.1. The van der Waals surface area contributed by atoms with Crippen LogP contribution in [0.4, 0.5) is 34.1 Å². The van der Waals surface area contributed by atoms with Crippen molar-refractivity contribution in [1.82, 2.24) is 4.57 Å². The molecule has 1 heterocycles. The van der Waals surface area contributed by atoms with E-state index >= 15 is 0 Å². The van der Waals surface area contributed by atoms with E-state index in [1.807, 2.05) is 0 Å². The highest BCUT2D eigenvalue weighted by Crippen LogP contribution is 2.49. The monoisotopic (exact) mass is 1030 g/mol. The fraction of sp³-hybridized carbons (Fsp3) is 0. The van der Waals surface area contributed by atoms with Crippen LogP contribution in [0.5, 0.6) is 0 Å². The predicted octanol–water partition coefficient (Wildman–Crippen LogP) is 21.9. The van der Waals surface area contributed by atoms with Crippen LogP contribution in [0.2, 0.25) is 0 Å². The Morgan fingerprint density at radius 3 is 1.07 bits per heavy atom. The summed E-state index contributed by atoms with van der Waals surface area (Å²) in [6.45, 7) is 0. The van der Waals surface area contributed by atoms with Crippen molar-refractivity contribution in [2.45, 2.75) is 0 Å². The summed E-state index contributed by atoms with van der Waals surface area (Å²) >= 11 is 0. The average Bonchev–Trinajstić information content (AvgIpc) is 4.04. The van der Waals surface area contributed by atoms with Gasteiger partial charge in [-0.25, -0.2) is 0 Å². The molecular formula is C78H51N3. The third-order valence-corrected chi connectivity index (χ3v) is 16.7. The normalized spacial score (nSPS) is 11.7. The summed E-state index contributed by atoms with van der Waals surface area (Å²) in [5, 5.41) is 14.9. The van der Waals surface area contributed by atoms with Crippen molar-refractivity contribution in [2.75, 3.05) is 9.80 Å². The van der Waals surface area contributed by atoms with Crippen LogP contribution in [-0.2, 0) is 0 Å². The summed E-state index contributed by atoms with van der Waals surface area (Å²) in [6, 6.07) is 113. The van der Waals surface area contributed by atoms with Crippen LogP contribution in [0.3, 0.4) is 0 Å². The number of rotatable bonds is 10. The Morgan fingerprint density at radius 1 is 0.222 bits per heavy atom. The lowest BCUT2D eigenvalue weighted by Gasteiger charge is -2.29. The molecular weight excluding hydrogens is 979 g/mol.